The van der Waals surface area contributed by atoms with Crippen molar-refractivity contribution in [3.8, 4) is 5.69 Å². The number of carbonyl (C=O) groups is 2. The van der Waals surface area contributed by atoms with Crippen LogP contribution in [0, 0.1) is 6.92 Å². The Labute approximate surface area is 211 Å². The number of rotatable bonds is 5. The molecule has 4 aromatic rings. The van der Waals surface area contributed by atoms with E-state index in [9.17, 15) is 9.59 Å². The second-order valence-corrected chi connectivity index (χ2v) is 9.39. The Morgan fingerprint density at radius 2 is 1.53 bits per heavy atom. The van der Waals surface area contributed by atoms with E-state index in [1.54, 1.807) is 4.90 Å². The van der Waals surface area contributed by atoms with Gasteiger partial charge in [-0.3, -0.25) is 9.69 Å². The highest BCUT2D eigenvalue weighted by Gasteiger charge is 2.37. The van der Waals surface area contributed by atoms with Crippen LogP contribution in [0.15, 0.2) is 97.2 Å². The fraction of sp³-hybridized carbons (Fsp3) is 0.200. The molecular weight excluding hydrogens is 448 g/mol. The lowest BCUT2D eigenvalue weighted by Gasteiger charge is -2.40. The first-order valence-corrected chi connectivity index (χ1v) is 12.2. The van der Waals surface area contributed by atoms with E-state index in [1.807, 2.05) is 85.6 Å². The van der Waals surface area contributed by atoms with Crippen molar-refractivity contribution >= 4 is 23.3 Å². The number of anilines is 2. The first kappa shape index (κ1) is 23.4. The van der Waals surface area contributed by atoms with Crippen LogP contribution in [-0.2, 0) is 4.79 Å². The van der Waals surface area contributed by atoms with E-state index in [4.69, 9.17) is 0 Å². The number of nitrogens with zero attached hydrogens (tertiary/aromatic N) is 3. The van der Waals surface area contributed by atoms with Gasteiger partial charge >= 0.3 is 6.03 Å². The lowest BCUT2D eigenvalue weighted by atomic mass is 9.97. The number of fused-ring (bicyclic) bond motifs is 3. The molecule has 6 nitrogen and oxygen atoms in total. The maximum atomic E-state index is 14.1. The molecule has 0 saturated carbocycles. The van der Waals surface area contributed by atoms with Crippen molar-refractivity contribution in [2.24, 2.45) is 0 Å². The fourth-order valence-electron chi connectivity index (χ4n) is 4.75. The van der Waals surface area contributed by atoms with Crippen LogP contribution in [0.4, 0.5) is 16.2 Å². The number of aromatic nitrogens is 1. The molecule has 6 heteroatoms. The van der Waals surface area contributed by atoms with E-state index in [0.29, 0.717) is 5.69 Å². The van der Waals surface area contributed by atoms with Crippen molar-refractivity contribution < 1.29 is 9.59 Å². The average molecular weight is 479 g/mol. The Kier molecular flexibility index (Phi) is 6.34. The average Bonchev–Trinajstić information content (AvgIpc) is 3.37. The van der Waals surface area contributed by atoms with E-state index in [-0.39, 0.29) is 30.6 Å². The zero-order valence-electron chi connectivity index (χ0n) is 20.8. The van der Waals surface area contributed by atoms with Gasteiger partial charge in [0.05, 0.1) is 17.1 Å². The zero-order chi connectivity index (χ0) is 25.2. The van der Waals surface area contributed by atoms with Gasteiger partial charge in [0.25, 0.3) is 0 Å². The minimum atomic E-state index is -0.311. The van der Waals surface area contributed by atoms with Gasteiger partial charge in [0, 0.05) is 17.9 Å². The SMILES string of the molecule is Cc1ccc(C2c3cccn3-c3ccccc3N2C(=O)CN(C(=O)Nc2ccccc2)C(C)C)cc1. The third-order valence-electron chi connectivity index (χ3n) is 6.60. The van der Waals surface area contributed by atoms with Crippen molar-refractivity contribution in [3.05, 3.63) is 114 Å². The molecule has 1 N–H and O–H groups in total. The number of amides is 3. The number of urea groups is 1. The number of aryl methyl sites for hydroxylation is 1. The summed E-state index contributed by atoms with van der Waals surface area (Å²) in [6.45, 7) is 5.85. The molecular formula is C30H30N4O2. The van der Waals surface area contributed by atoms with Gasteiger partial charge in [-0.2, -0.15) is 0 Å². The number of hydrogen-bond donors (Lipinski definition) is 1. The van der Waals surface area contributed by atoms with E-state index in [2.05, 4.69) is 47.1 Å². The quantitative estimate of drug-likeness (QED) is 0.373. The van der Waals surface area contributed by atoms with Gasteiger partial charge < -0.3 is 14.8 Å². The molecule has 1 aliphatic heterocycles. The summed E-state index contributed by atoms with van der Waals surface area (Å²) in [5, 5.41) is 2.92. The molecule has 182 valence electrons. The Balaban J connectivity index is 1.52. The summed E-state index contributed by atoms with van der Waals surface area (Å²) in [6, 6.07) is 28.8. The van der Waals surface area contributed by atoms with Crippen LogP contribution in [0.1, 0.15) is 36.7 Å². The van der Waals surface area contributed by atoms with Gasteiger partial charge in [0.1, 0.15) is 12.6 Å². The Morgan fingerprint density at radius 1 is 0.861 bits per heavy atom. The second-order valence-electron chi connectivity index (χ2n) is 9.39. The number of hydrogen-bond acceptors (Lipinski definition) is 2. The molecule has 0 aliphatic carbocycles. The maximum Gasteiger partial charge on any atom is 0.322 e. The predicted molar refractivity (Wildman–Crippen MR) is 144 cm³/mol. The molecule has 1 aliphatic rings. The standard InChI is InChI=1S/C30H30N4O2/c1-21(2)33(30(36)31-24-10-5-4-6-11-24)20-28(35)34-26-13-8-7-12-25(26)32-19-9-14-27(32)29(34)23-17-15-22(3)16-18-23/h4-19,21,29H,20H2,1-3H3,(H,31,36). The van der Waals surface area contributed by atoms with Crippen LogP contribution >= 0.6 is 0 Å². The highest BCUT2D eigenvalue weighted by atomic mass is 16.2. The molecule has 36 heavy (non-hydrogen) atoms. The van der Waals surface area contributed by atoms with Crippen LogP contribution in [0.3, 0.4) is 0 Å². The molecule has 1 unspecified atom stereocenters. The van der Waals surface area contributed by atoms with Gasteiger partial charge in [0.15, 0.2) is 0 Å². The van der Waals surface area contributed by atoms with E-state index >= 15 is 0 Å². The van der Waals surface area contributed by atoms with Crippen molar-refractivity contribution in [1.82, 2.24) is 9.47 Å². The summed E-state index contributed by atoms with van der Waals surface area (Å²) in [5.41, 5.74) is 5.65. The summed E-state index contributed by atoms with van der Waals surface area (Å²) in [7, 11) is 0. The Bertz CT molecular complexity index is 1380. The summed E-state index contributed by atoms with van der Waals surface area (Å²) < 4.78 is 2.14. The van der Waals surface area contributed by atoms with E-state index in [1.165, 1.54) is 0 Å². The van der Waals surface area contributed by atoms with Crippen molar-refractivity contribution in [2.45, 2.75) is 32.9 Å². The second kappa shape index (κ2) is 9.74. The summed E-state index contributed by atoms with van der Waals surface area (Å²) >= 11 is 0. The van der Waals surface area contributed by atoms with Gasteiger partial charge in [0.2, 0.25) is 5.91 Å². The van der Waals surface area contributed by atoms with Crippen molar-refractivity contribution in [1.29, 1.82) is 0 Å². The van der Waals surface area contributed by atoms with Gasteiger partial charge in [-0.15, -0.1) is 0 Å². The third-order valence-corrected chi connectivity index (χ3v) is 6.60. The molecule has 5 rings (SSSR count). The van der Waals surface area contributed by atoms with Gasteiger partial charge in [-0.1, -0.05) is 60.2 Å². The fourth-order valence-corrected chi connectivity index (χ4v) is 4.75. The van der Waals surface area contributed by atoms with Crippen LogP contribution < -0.4 is 10.2 Å². The Morgan fingerprint density at radius 3 is 2.22 bits per heavy atom. The highest BCUT2D eigenvalue weighted by molar-refractivity contribution is 6.01. The lowest BCUT2D eigenvalue weighted by molar-refractivity contribution is -0.119. The van der Waals surface area contributed by atoms with Crippen LogP contribution in [0.2, 0.25) is 0 Å². The third kappa shape index (κ3) is 4.38. The van der Waals surface area contributed by atoms with Crippen LogP contribution in [0.25, 0.3) is 5.69 Å². The molecule has 2 heterocycles. The molecule has 0 saturated heterocycles. The minimum Gasteiger partial charge on any atom is -0.316 e. The summed E-state index contributed by atoms with van der Waals surface area (Å²) in [5.74, 6) is -0.141. The molecule has 0 radical (unpaired) electrons. The van der Waals surface area contributed by atoms with Crippen LogP contribution in [0.5, 0.6) is 0 Å². The molecule has 1 atom stereocenters. The largest absolute Gasteiger partial charge is 0.322 e. The smallest absolute Gasteiger partial charge is 0.316 e. The van der Waals surface area contributed by atoms with Crippen molar-refractivity contribution in [3.63, 3.8) is 0 Å². The minimum absolute atomic E-state index is 0.0479. The summed E-state index contributed by atoms with van der Waals surface area (Å²) in [4.78, 5) is 30.7. The topological polar surface area (TPSA) is 57.6 Å². The predicted octanol–water partition coefficient (Wildman–Crippen LogP) is 6.16. The molecule has 0 fully saturated rings. The number of para-hydroxylation sites is 3. The highest BCUT2D eigenvalue weighted by Crippen LogP contribution is 2.42. The first-order valence-electron chi connectivity index (χ1n) is 12.2. The molecule has 3 aromatic carbocycles. The Hall–Kier alpha value is -4.32. The zero-order valence-corrected chi connectivity index (χ0v) is 20.8. The van der Waals surface area contributed by atoms with Gasteiger partial charge in [-0.25, -0.2) is 4.79 Å². The van der Waals surface area contributed by atoms with Crippen molar-refractivity contribution in [2.75, 3.05) is 16.8 Å². The normalized spacial score (nSPS) is 14.2. The monoisotopic (exact) mass is 478 g/mol. The molecule has 0 spiro atoms. The van der Waals surface area contributed by atoms with Gasteiger partial charge in [-0.05, 0) is 62.7 Å². The summed E-state index contributed by atoms with van der Waals surface area (Å²) in [6.07, 6.45) is 2.03. The first-order chi connectivity index (χ1) is 17.4. The maximum absolute atomic E-state index is 14.1. The molecule has 3 amide bonds. The molecule has 0 bridgehead atoms. The lowest BCUT2D eigenvalue weighted by Crippen LogP contribution is -2.49. The van der Waals surface area contributed by atoms with E-state index < -0.39 is 0 Å². The number of benzene rings is 3. The van der Waals surface area contributed by atoms with Crippen LogP contribution in [-0.4, -0.2) is 34.0 Å². The van der Waals surface area contributed by atoms with E-state index in [0.717, 1.165) is 28.2 Å². The number of nitrogens with one attached hydrogen (secondary N) is 1. The molecule has 1 aromatic heterocycles. The number of carbonyl (C=O) groups excluding carboxylic acids is 2.